The van der Waals surface area contributed by atoms with E-state index in [-0.39, 0.29) is 12.4 Å². The lowest BCUT2D eigenvalue weighted by Crippen LogP contribution is -2.07. The molecule has 1 aliphatic heterocycles. The number of aryl methyl sites for hydroxylation is 1. The minimum atomic E-state index is 0.152. The molecule has 0 N–H and O–H groups in total. The summed E-state index contributed by atoms with van der Waals surface area (Å²) in [5.41, 5.74) is 2.46. The highest BCUT2D eigenvalue weighted by Crippen LogP contribution is 2.26. The Kier molecular flexibility index (Phi) is 3.57. The zero-order valence-corrected chi connectivity index (χ0v) is 9.49. The molecule has 0 saturated carbocycles. The van der Waals surface area contributed by atoms with Gasteiger partial charge in [-0.3, -0.25) is 4.79 Å². The number of Topliss-reactive ketones (excluding diaryl/α,β-unsaturated/α-hetero) is 1. The highest BCUT2D eigenvalue weighted by atomic mass is 16.5. The molecule has 3 heteroatoms. The van der Waals surface area contributed by atoms with Gasteiger partial charge in [-0.2, -0.15) is 0 Å². The Bertz CT molecular complexity index is 385. The predicted octanol–water partition coefficient (Wildman–Crippen LogP) is 1.77. The van der Waals surface area contributed by atoms with Gasteiger partial charge < -0.3 is 9.47 Å². The summed E-state index contributed by atoms with van der Waals surface area (Å²) in [4.78, 5) is 11.3. The van der Waals surface area contributed by atoms with Gasteiger partial charge >= 0.3 is 0 Å². The van der Waals surface area contributed by atoms with E-state index in [2.05, 4.69) is 6.07 Å². The van der Waals surface area contributed by atoms with Crippen molar-refractivity contribution < 1.29 is 14.3 Å². The van der Waals surface area contributed by atoms with Crippen molar-refractivity contribution in [2.24, 2.45) is 0 Å². The molecule has 0 fully saturated rings. The monoisotopic (exact) mass is 220 g/mol. The third-order valence-electron chi connectivity index (χ3n) is 2.75. The summed E-state index contributed by atoms with van der Waals surface area (Å²) in [6, 6.07) is 6.17. The predicted molar refractivity (Wildman–Crippen MR) is 60.8 cm³/mol. The van der Waals surface area contributed by atoms with E-state index in [0.717, 1.165) is 25.2 Å². The van der Waals surface area contributed by atoms with Crippen LogP contribution in [0.2, 0.25) is 0 Å². The van der Waals surface area contributed by atoms with Crippen LogP contribution in [0, 0.1) is 0 Å². The summed E-state index contributed by atoms with van der Waals surface area (Å²) in [7, 11) is 1.55. The molecule has 3 nitrogen and oxygen atoms in total. The minimum absolute atomic E-state index is 0.152. The van der Waals surface area contributed by atoms with Crippen LogP contribution >= 0.6 is 0 Å². The summed E-state index contributed by atoms with van der Waals surface area (Å²) in [5.74, 6) is 1.14. The van der Waals surface area contributed by atoms with Gasteiger partial charge in [0.25, 0.3) is 0 Å². The topological polar surface area (TPSA) is 35.5 Å². The van der Waals surface area contributed by atoms with Crippen LogP contribution in [0.4, 0.5) is 0 Å². The first-order chi connectivity index (χ1) is 7.79. The maximum Gasteiger partial charge on any atom is 0.158 e. The van der Waals surface area contributed by atoms with Crippen LogP contribution in [0.15, 0.2) is 18.2 Å². The van der Waals surface area contributed by atoms with Gasteiger partial charge in [0.05, 0.1) is 6.61 Å². The van der Waals surface area contributed by atoms with Crippen LogP contribution < -0.4 is 4.74 Å². The van der Waals surface area contributed by atoms with E-state index < -0.39 is 0 Å². The van der Waals surface area contributed by atoms with Gasteiger partial charge in [0.15, 0.2) is 5.78 Å². The molecule has 0 amide bonds. The Labute approximate surface area is 95.4 Å². The lowest BCUT2D eigenvalue weighted by molar-refractivity contribution is -0.122. The second kappa shape index (κ2) is 5.12. The SMILES string of the molecule is COCC(=O)CCc1ccc2c(c1)CCO2. The van der Waals surface area contributed by atoms with E-state index in [9.17, 15) is 4.79 Å². The molecule has 0 aromatic heterocycles. The number of methoxy groups -OCH3 is 1. The second-order valence-electron chi connectivity index (χ2n) is 4.01. The van der Waals surface area contributed by atoms with E-state index in [1.165, 1.54) is 11.1 Å². The molecule has 0 aliphatic carbocycles. The van der Waals surface area contributed by atoms with Gasteiger partial charge in [-0.25, -0.2) is 0 Å². The van der Waals surface area contributed by atoms with Crippen molar-refractivity contribution in [1.29, 1.82) is 0 Å². The molecule has 1 aromatic rings. The van der Waals surface area contributed by atoms with E-state index in [1.54, 1.807) is 7.11 Å². The van der Waals surface area contributed by atoms with Crippen LogP contribution in [-0.4, -0.2) is 26.1 Å². The van der Waals surface area contributed by atoms with E-state index in [1.807, 2.05) is 12.1 Å². The Morgan fingerprint density at radius 1 is 1.50 bits per heavy atom. The molecule has 1 aliphatic rings. The van der Waals surface area contributed by atoms with Crippen molar-refractivity contribution >= 4 is 5.78 Å². The molecule has 0 bridgehead atoms. The van der Waals surface area contributed by atoms with Gasteiger partial charge in [-0.05, 0) is 23.6 Å². The first kappa shape index (κ1) is 11.1. The number of carbonyl (C=O) groups excluding carboxylic acids is 1. The molecule has 86 valence electrons. The molecule has 0 radical (unpaired) electrons. The normalized spacial score (nSPS) is 13.3. The Morgan fingerprint density at radius 3 is 3.19 bits per heavy atom. The average molecular weight is 220 g/mol. The third kappa shape index (κ3) is 2.61. The summed E-state index contributed by atoms with van der Waals surface area (Å²) in [6.07, 6.45) is 2.32. The van der Waals surface area contributed by atoms with Gasteiger partial charge in [0.2, 0.25) is 0 Å². The summed E-state index contributed by atoms with van der Waals surface area (Å²) < 4.78 is 10.2. The number of ketones is 1. The van der Waals surface area contributed by atoms with E-state index in [0.29, 0.717) is 6.42 Å². The molecule has 2 rings (SSSR count). The molecule has 0 atom stereocenters. The summed E-state index contributed by atoms with van der Waals surface area (Å²) >= 11 is 0. The van der Waals surface area contributed by atoms with Crippen molar-refractivity contribution in [3.05, 3.63) is 29.3 Å². The summed E-state index contributed by atoms with van der Waals surface area (Å²) in [5, 5.41) is 0. The number of benzene rings is 1. The Balaban J connectivity index is 1.93. The third-order valence-corrected chi connectivity index (χ3v) is 2.75. The van der Waals surface area contributed by atoms with Crippen molar-refractivity contribution in [2.45, 2.75) is 19.3 Å². The standard InChI is InChI=1S/C13H16O3/c1-15-9-12(14)4-2-10-3-5-13-11(8-10)6-7-16-13/h3,5,8H,2,4,6-7,9H2,1H3. The lowest BCUT2D eigenvalue weighted by Gasteiger charge is -2.03. The molecule has 1 heterocycles. The van der Waals surface area contributed by atoms with Crippen LogP contribution in [0.25, 0.3) is 0 Å². The Hall–Kier alpha value is -1.35. The van der Waals surface area contributed by atoms with E-state index >= 15 is 0 Å². The minimum Gasteiger partial charge on any atom is -0.493 e. The highest BCUT2D eigenvalue weighted by Gasteiger charge is 2.12. The van der Waals surface area contributed by atoms with Crippen LogP contribution in [0.5, 0.6) is 5.75 Å². The van der Waals surface area contributed by atoms with E-state index in [4.69, 9.17) is 9.47 Å². The fourth-order valence-corrected chi connectivity index (χ4v) is 1.91. The van der Waals surface area contributed by atoms with Crippen molar-refractivity contribution in [3.8, 4) is 5.75 Å². The van der Waals surface area contributed by atoms with Crippen LogP contribution in [-0.2, 0) is 22.4 Å². The number of ether oxygens (including phenoxy) is 2. The Morgan fingerprint density at radius 2 is 2.38 bits per heavy atom. The van der Waals surface area contributed by atoms with Gasteiger partial charge in [-0.1, -0.05) is 12.1 Å². The highest BCUT2D eigenvalue weighted by molar-refractivity contribution is 5.79. The fourth-order valence-electron chi connectivity index (χ4n) is 1.91. The molecular weight excluding hydrogens is 204 g/mol. The van der Waals surface area contributed by atoms with Crippen LogP contribution in [0.1, 0.15) is 17.5 Å². The van der Waals surface area contributed by atoms with Crippen LogP contribution in [0.3, 0.4) is 0 Å². The largest absolute Gasteiger partial charge is 0.493 e. The molecule has 1 aromatic carbocycles. The van der Waals surface area contributed by atoms with Crippen molar-refractivity contribution in [1.82, 2.24) is 0 Å². The number of hydrogen-bond acceptors (Lipinski definition) is 3. The lowest BCUT2D eigenvalue weighted by atomic mass is 10.0. The average Bonchev–Trinajstić information content (AvgIpc) is 2.74. The number of hydrogen-bond donors (Lipinski definition) is 0. The summed E-state index contributed by atoms with van der Waals surface area (Å²) in [6.45, 7) is 0.995. The number of carbonyl (C=O) groups is 1. The van der Waals surface area contributed by atoms with Gasteiger partial charge in [0.1, 0.15) is 12.4 Å². The van der Waals surface area contributed by atoms with Gasteiger partial charge in [0, 0.05) is 20.0 Å². The maximum absolute atomic E-state index is 11.3. The zero-order chi connectivity index (χ0) is 11.4. The first-order valence-corrected chi connectivity index (χ1v) is 5.55. The zero-order valence-electron chi connectivity index (χ0n) is 9.49. The fraction of sp³-hybridized carbons (Fsp3) is 0.462. The number of fused-ring (bicyclic) bond motifs is 1. The van der Waals surface area contributed by atoms with Crippen molar-refractivity contribution in [2.75, 3.05) is 20.3 Å². The van der Waals surface area contributed by atoms with Gasteiger partial charge in [-0.15, -0.1) is 0 Å². The second-order valence-corrected chi connectivity index (χ2v) is 4.01. The number of rotatable bonds is 5. The maximum atomic E-state index is 11.3. The first-order valence-electron chi connectivity index (χ1n) is 5.55. The molecule has 16 heavy (non-hydrogen) atoms. The van der Waals surface area contributed by atoms with Crippen molar-refractivity contribution in [3.63, 3.8) is 0 Å². The quantitative estimate of drug-likeness (QED) is 0.758. The molecular formula is C13H16O3. The molecule has 0 unspecified atom stereocenters. The molecule has 0 saturated heterocycles. The smallest absolute Gasteiger partial charge is 0.158 e. The molecule has 0 spiro atoms.